The molecule has 0 aliphatic heterocycles. The van der Waals surface area contributed by atoms with Crippen molar-refractivity contribution in [2.24, 2.45) is 11.8 Å². The fraction of sp³-hybridized carbons (Fsp3) is 0.484. The van der Waals surface area contributed by atoms with Crippen LogP contribution in [0.4, 0.5) is 4.39 Å². The molecule has 0 radical (unpaired) electrons. The summed E-state index contributed by atoms with van der Waals surface area (Å²) in [6, 6.07) is 13.4. The van der Waals surface area contributed by atoms with Gasteiger partial charge in [-0.2, -0.15) is 0 Å². The van der Waals surface area contributed by atoms with E-state index in [-0.39, 0.29) is 5.82 Å². The topological polar surface area (TPSA) is 0 Å². The van der Waals surface area contributed by atoms with Gasteiger partial charge in [-0.25, -0.2) is 4.39 Å². The summed E-state index contributed by atoms with van der Waals surface area (Å²) < 4.78 is 14.6. The van der Waals surface area contributed by atoms with E-state index in [4.69, 9.17) is 0 Å². The Hall–Kier alpha value is -2.51. The van der Waals surface area contributed by atoms with Gasteiger partial charge < -0.3 is 0 Å². The maximum absolute atomic E-state index is 14.6. The average molecular weight is 429 g/mol. The van der Waals surface area contributed by atoms with Crippen molar-refractivity contribution in [2.45, 2.75) is 84.5 Å². The number of hydrogen-bond donors (Lipinski definition) is 0. The Morgan fingerprint density at radius 2 is 1.44 bits per heavy atom. The summed E-state index contributed by atoms with van der Waals surface area (Å²) in [5.41, 5.74) is 3.44. The van der Waals surface area contributed by atoms with E-state index in [9.17, 15) is 4.39 Å². The van der Waals surface area contributed by atoms with Gasteiger partial charge in [0, 0.05) is 17.5 Å². The van der Waals surface area contributed by atoms with Gasteiger partial charge in [0.25, 0.3) is 0 Å². The SMILES string of the molecule is CCCC#Cc1ccc(C#Cc2ccc(CC[C@H]3CC[C@H](CCCC)CC3)cc2F)cc1. The van der Waals surface area contributed by atoms with Gasteiger partial charge in [0.15, 0.2) is 0 Å². The van der Waals surface area contributed by atoms with Gasteiger partial charge in [-0.3, -0.25) is 0 Å². The summed E-state index contributed by atoms with van der Waals surface area (Å²) in [5.74, 6) is 13.9. The molecule has 1 aliphatic carbocycles. The van der Waals surface area contributed by atoms with E-state index in [1.165, 1.54) is 51.4 Å². The predicted octanol–water partition coefficient (Wildman–Crippen LogP) is 8.31. The number of benzene rings is 2. The second-order valence-electron chi connectivity index (χ2n) is 9.26. The molecule has 168 valence electrons. The molecule has 0 bridgehead atoms. The fourth-order valence-electron chi connectivity index (χ4n) is 4.55. The first-order chi connectivity index (χ1) is 15.7. The number of aryl methyl sites for hydroxylation is 1. The van der Waals surface area contributed by atoms with Crippen molar-refractivity contribution in [3.8, 4) is 23.7 Å². The van der Waals surface area contributed by atoms with E-state index in [1.54, 1.807) is 6.07 Å². The molecule has 0 spiro atoms. The molecule has 0 N–H and O–H groups in total. The lowest BCUT2D eigenvalue weighted by molar-refractivity contribution is 0.250. The van der Waals surface area contributed by atoms with E-state index in [0.29, 0.717) is 5.56 Å². The molecule has 0 nitrogen and oxygen atoms in total. The molecule has 32 heavy (non-hydrogen) atoms. The molecule has 3 rings (SSSR count). The normalized spacial score (nSPS) is 17.7. The molecule has 0 unspecified atom stereocenters. The minimum Gasteiger partial charge on any atom is -0.206 e. The number of halogens is 1. The standard InChI is InChI=1S/C31H37F/c1-3-5-7-9-26-12-16-28(17-13-26)20-22-30-23-21-29(24-31(30)32)19-18-27-14-10-25(11-15-27)8-6-4-2/h12-13,16-17,21,23-25,27H,3-6,8,10-11,14-15,18-19H2,1-2H3/t25-,27-. The van der Waals surface area contributed by atoms with Crippen molar-refractivity contribution in [3.05, 3.63) is 70.5 Å². The number of hydrogen-bond acceptors (Lipinski definition) is 0. The van der Waals surface area contributed by atoms with Gasteiger partial charge in [-0.1, -0.05) is 88.5 Å². The van der Waals surface area contributed by atoms with E-state index in [0.717, 1.165) is 47.8 Å². The molecule has 2 aromatic rings. The van der Waals surface area contributed by atoms with Gasteiger partial charge in [0.1, 0.15) is 5.82 Å². The lowest BCUT2D eigenvalue weighted by Gasteiger charge is -2.28. The Morgan fingerprint density at radius 1 is 0.781 bits per heavy atom. The summed E-state index contributed by atoms with van der Waals surface area (Å²) in [6.45, 7) is 4.41. The van der Waals surface area contributed by atoms with Crippen molar-refractivity contribution in [1.29, 1.82) is 0 Å². The third kappa shape index (κ3) is 7.88. The molecular formula is C31H37F. The van der Waals surface area contributed by atoms with Gasteiger partial charge in [0.05, 0.1) is 5.56 Å². The van der Waals surface area contributed by atoms with Crippen LogP contribution in [0.1, 0.15) is 100 Å². The number of rotatable bonds is 7. The molecule has 1 aliphatic rings. The van der Waals surface area contributed by atoms with Crippen LogP contribution in [0, 0.1) is 41.3 Å². The third-order valence-electron chi connectivity index (χ3n) is 6.64. The molecule has 1 fully saturated rings. The van der Waals surface area contributed by atoms with Crippen molar-refractivity contribution >= 4 is 0 Å². The smallest absolute Gasteiger partial charge is 0.139 e. The van der Waals surface area contributed by atoms with E-state index in [1.807, 2.05) is 36.4 Å². The zero-order chi connectivity index (χ0) is 22.6. The zero-order valence-corrected chi connectivity index (χ0v) is 19.9. The highest BCUT2D eigenvalue weighted by atomic mass is 19.1. The lowest BCUT2D eigenvalue weighted by atomic mass is 9.78. The summed E-state index contributed by atoms with van der Waals surface area (Å²) in [7, 11) is 0. The summed E-state index contributed by atoms with van der Waals surface area (Å²) >= 11 is 0. The molecule has 2 aromatic carbocycles. The van der Waals surface area contributed by atoms with Gasteiger partial charge in [-0.15, -0.1) is 0 Å². The first-order valence-corrected chi connectivity index (χ1v) is 12.6. The first-order valence-electron chi connectivity index (χ1n) is 12.6. The number of unbranched alkanes of at least 4 members (excludes halogenated alkanes) is 2. The Morgan fingerprint density at radius 3 is 2.06 bits per heavy atom. The Balaban J connectivity index is 1.50. The van der Waals surface area contributed by atoms with E-state index >= 15 is 0 Å². The van der Waals surface area contributed by atoms with Crippen molar-refractivity contribution < 1.29 is 4.39 Å². The Kier molecular flexibility index (Phi) is 9.91. The maximum atomic E-state index is 14.6. The van der Waals surface area contributed by atoms with Crippen LogP contribution in [0.3, 0.4) is 0 Å². The minimum absolute atomic E-state index is 0.208. The monoisotopic (exact) mass is 428 g/mol. The van der Waals surface area contributed by atoms with Gasteiger partial charge in [-0.05, 0) is 73.1 Å². The third-order valence-corrected chi connectivity index (χ3v) is 6.64. The van der Waals surface area contributed by atoms with E-state index in [2.05, 4.69) is 37.5 Å². The van der Waals surface area contributed by atoms with Crippen molar-refractivity contribution in [1.82, 2.24) is 0 Å². The Labute approximate surface area is 195 Å². The largest absolute Gasteiger partial charge is 0.206 e. The summed E-state index contributed by atoms with van der Waals surface area (Å²) in [5, 5.41) is 0. The summed E-state index contributed by atoms with van der Waals surface area (Å²) in [4.78, 5) is 0. The quantitative estimate of drug-likeness (QED) is 0.389. The van der Waals surface area contributed by atoms with Crippen LogP contribution in [0.5, 0.6) is 0 Å². The lowest BCUT2D eigenvalue weighted by Crippen LogP contribution is -2.15. The molecule has 0 heterocycles. The average Bonchev–Trinajstić information content (AvgIpc) is 2.82. The molecule has 0 aromatic heterocycles. The summed E-state index contributed by atoms with van der Waals surface area (Å²) in [6.07, 6.45) is 13.7. The van der Waals surface area contributed by atoms with Crippen LogP contribution in [0.2, 0.25) is 0 Å². The molecule has 1 saturated carbocycles. The van der Waals surface area contributed by atoms with Crippen LogP contribution in [0.25, 0.3) is 0 Å². The second-order valence-corrected chi connectivity index (χ2v) is 9.26. The highest BCUT2D eigenvalue weighted by Crippen LogP contribution is 2.34. The highest BCUT2D eigenvalue weighted by Gasteiger charge is 2.20. The second kappa shape index (κ2) is 13.1. The fourth-order valence-corrected chi connectivity index (χ4v) is 4.55. The van der Waals surface area contributed by atoms with Crippen LogP contribution < -0.4 is 0 Å². The molecule has 1 heteroatoms. The minimum atomic E-state index is -0.208. The predicted molar refractivity (Wildman–Crippen MR) is 134 cm³/mol. The van der Waals surface area contributed by atoms with Crippen molar-refractivity contribution in [3.63, 3.8) is 0 Å². The molecular weight excluding hydrogens is 391 g/mol. The molecule has 0 atom stereocenters. The maximum Gasteiger partial charge on any atom is 0.139 e. The van der Waals surface area contributed by atoms with E-state index < -0.39 is 0 Å². The van der Waals surface area contributed by atoms with Gasteiger partial charge >= 0.3 is 0 Å². The molecule has 0 amide bonds. The van der Waals surface area contributed by atoms with Crippen molar-refractivity contribution in [2.75, 3.05) is 0 Å². The van der Waals surface area contributed by atoms with Crippen LogP contribution in [0.15, 0.2) is 42.5 Å². The molecule has 0 saturated heterocycles. The van der Waals surface area contributed by atoms with Crippen LogP contribution in [-0.2, 0) is 6.42 Å². The zero-order valence-electron chi connectivity index (χ0n) is 19.9. The van der Waals surface area contributed by atoms with Crippen LogP contribution >= 0.6 is 0 Å². The highest BCUT2D eigenvalue weighted by molar-refractivity contribution is 5.46. The first kappa shape index (κ1) is 24.1. The van der Waals surface area contributed by atoms with Crippen LogP contribution in [-0.4, -0.2) is 0 Å². The Bertz CT molecular complexity index is 953. The van der Waals surface area contributed by atoms with Gasteiger partial charge in [0.2, 0.25) is 0 Å².